The van der Waals surface area contributed by atoms with Crippen molar-refractivity contribution < 1.29 is 48.5 Å². The van der Waals surface area contributed by atoms with E-state index in [1.165, 1.54) is 54.5 Å². The molecule has 298 valence electrons. The van der Waals surface area contributed by atoms with Gasteiger partial charge in [0.1, 0.15) is 36.2 Å². The van der Waals surface area contributed by atoms with Gasteiger partial charge in [0.15, 0.2) is 0 Å². The number of nitro groups is 1. The Labute approximate surface area is 324 Å². The fraction of sp³-hybridized carbons (Fsp3) is 0.429. The molecule has 0 unspecified atom stereocenters. The second-order valence-corrected chi connectivity index (χ2v) is 14.4. The minimum atomic E-state index is -1.61. The van der Waals surface area contributed by atoms with Crippen LogP contribution in [0.2, 0.25) is 0 Å². The zero-order valence-electron chi connectivity index (χ0n) is 31.3. The van der Waals surface area contributed by atoms with Crippen LogP contribution in [0.5, 0.6) is 17.2 Å². The molecule has 3 aromatic rings. The number of aliphatic hydroxyl groups is 2. The fourth-order valence-corrected chi connectivity index (χ4v) is 8.65. The van der Waals surface area contributed by atoms with E-state index < -0.39 is 34.6 Å². The first-order valence-electron chi connectivity index (χ1n) is 18.9. The highest BCUT2D eigenvalue weighted by Crippen LogP contribution is 2.62. The van der Waals surface area contributed by atoms with Crippen LogP contribution < -0.4 is 9.47 Å². The molecule has 0 radical (unpaired) electrons. The summed E-state index contributed by atoms with van der Waals surface area (Å²) in [6.07, 6.45) is 7.21. The number of halogens is 1. The van der Waals surface area contributed by atoms with Gasteiger partial charge in [-0.1, -0.05) is 42.3 Å². The lowest BCUT2D eigenvalue weighted by Crippen LogP contribution is -2.70. The van der Waals surface area contributed by atoms with Gasteiger partial charge in [-0.05, 0) is 91.1 Å². The zero-order valence-corrected chi connectivity index (χ0v) is 31.3. The number of oxime groups is 1. The number of carbonyl (C=O) groups excluding carboxylic acids is 1. The van der Waals surface area contributed by atoms with Crippen molar-refractivity contribution in [3.63, 3.8) is 0 Å². The van der Waals surface area contributed by atoms with Crippen molar-refractivity contribution in [2.24, 2.45) is 22.9 Å². The third-order valence-corrected chi connectivity index (χ3v) is 11.0. The predicted molar refractivity (Wildman–Crippen MR) is 205 cm³/mol. The number of phenolic OH excluding ortho intramolecular Hbond substituents is 1. The number of rotatable bonds is 17. The van der Waals surface area contributed by atoms with E-state index in [1.54, 1.807) is 30.3 Å². The van der Waals surface area contributed by atoms with Crippen LogP contribution in [0.1, 0.15) is 62.0 Å². The number of fused-ring (bicyclic) bond motifs is 2. The molecule has 1 amide bonds. The molecule has 1 heterocycles. The topological polar surface area (TPSA) is 173 Å². The zero-order chi connectivity index (χ0) is 39.8. The van der Waals surface area contributed by atoms with Gasteiger partial charge in [0.25, 0.3) is 5.69 Å². The third kappa shape index (κ3) is 8.42. The number of hydrogen-bond donors (Lipinski definition) is 3. The molecule has 6 rings (SSSR count). The first kappa shape index (κ1) is 40.4. The lowest BCUT2D eigenvalue weighted by molar-refractivity contribution is -0.384. The predicted octanol–water partition coefficient (Wildman–Crippen LogP) is 7.40. The summed E-state index contributed by atoms with van der Waals surface area (Å²) in [5, 5.41) is 46.3. The van der Waals surface area contributed by atoms with E-state index in [-0.39, 0.29) is 67.7 Å². The van der Waals surface area contributed by atoms with E-state index in [4.69, 9.17) is 19.0 Å². The summed E-state index contributed by atoms with van der Waals surface area (Å²) in [4.78, 5) is 32.3. The van der Waals surface area contributed by atoms with Crippen LogP contribution in [0.4, 0.5) is 14.9 Å². The van der Waals surface area contributed by atoms with Gasteiger partial charge in [-0.2, -0.15) is 0 Å². The number of carbonyl (C=O) groups is 1. The van der Waals surface area contributed by atoms with Gasteiger partial charge in [-0.3, -0.25) is 15.0 Å². The average molecular weight is 774 g/mol. The number of ether oxygens (including phenoxy) is 3. The van der Waals surface area contributed by atoms with Crippen LogP contribution in [-0.4, -0.2) is 75.7 Å². The summed E-state index contributed by atoms with van der Waals surface area (Å²) in [7, 11) is 1.44. The van der Waals surface area contributed by atoms with Gasteiger partial charge >= 0.3 is 6.09 Å². The molecule has 3 aliphatic rings. The van der Waals surface area contributed by atoms with Crippen molar-refractivity contribution in [2.75, 3.05) is 26.9 Å². The number of phenols is 1. The number of hydrogen-bond acceptors (Lipinski definition) is 11. The molecular formula is C42H48FN3O10. The number of amides is 1. The maximum Gasteiger partial charge on any atom is 0.416 e. The van der Waals surface area contributed by atoms with Crippen molar-refractivity contribution in [1.29, 1.82) is 0 Å². The molecular weight excluding hydrogens is 725 g/mol. The van der Waals surface area contributed by atoms with Crippen molar-refractivity contribution in [2.45, 2.75) is 69.2 Å². The Balaban J connectivity index is 1.56. The first-order valence-corrected chi connectivity index (χ1v) is 18.9. The quantitative estimate of drug-likeness (QED) is 0.0543. The van der Waals surface area contributed by atoms with Crippen molar-refractivity contribution in [3.05, 3.63) is 118 Å². The van der Waals surface area contributed by atoms with Crippen molar-refractivity contribution >= 4 is 17.5 Å². The fourth-order valence-electron chi connectivity index (χ4n) is 8.65. The molecule has 56 heavy (non-hydrogen) atoms. The maximum atomic E-state index is 14.6. The molecule has 1 fully saturated rings. The van der Waals surface area contributed by atoms with E-state index >= 15 is 0 Å². The van der Waals surface area contributed by atoms with E-state index in [0.29, 0.717) is 36.3 Å². The lowest BCUT2D eigenvalue weighted by atomic mass is 9.55. The summed E-state index contributed by atoms with van der Waals surface area (Å²) in [5.41, 5.74) is 2.51. The van der Waals surface area contributed by atoms with Gasteiger partial charge in [-0.15, -0.1) is 6.58 Å². The number of non-ortho nitro benzene ring substituents is 1. The van der Waals surface area contributed by atoms with Gasteiger partial charge in [0.05, 0.1) is 23.2 Å². The average Bonchev–Trinajstić information content (AvgIpc) is 3.19. The summed E-state index contributed by atoms with van der Waals surface area (Å²) < 4.78 is 34.0. The smallest absolute Gasteiger partial charge is 0.416 e. The summed E-state index contributed by atoms with van der Waals surface area (Å²) in [5.74, 6) is -2.52. The first-order chi connectivity index (χ1) is 27.1. The molecule has 2 aliphatic carbocycles. The van der Waals surface area contributed by atoms with Crippen molar-refractivity contribution in [3.8, 4) is 17.2 Å². The van der Waals surface area contributed by atoms with Crippen LogP contribution in [0.15, 0.2) is 96.2 Å². The van der Waals surface area contributed by atoms with Crippen LogP contribution in [-0.2, 0) is 16.1 Å². The molecule has 13 nitrogen and oxygen atoms in total. The largest absolute Gasteiger partial charge is 0.508 e. The van der Waals surface area contributed by atoms with Crippen LogP contribution in [0.3, 0.4) is 0 Å². The van der Waals surface area contributed by atoms with E-state index in [2.05, 4.69) is 17.8 Å². The number of nitrogens with zero attached hydrogens (tertiary/aromatic N) is 3. The highest BCUT2D eigenvalue weighted by Gasteiger charge is 2.65. The Morgan fingerprint density at radius 2 is 1.79 bits per heavy atom. The second-order valence-electron chi connectivity index (χ2n) is 14.4. The monoisotopic (exact) mass is 773 g/mol. The number of nitro benzene ring substituents is 1. The standard InChI is InChI=1S/C42H48FN3O10/c1-3-22-54-42-38(45(26-27-10-12-29(43)13-11-27)41(50)55-32-17-14-30(15-18-32)46(51)52)25-36(44-53-2)34-23-28(8-4-6-20-47)33(9-5-7-21-48)39(40(34)42)35-24-31(49)16-19-37(35)56-42/h3,10-19,23-24,28,33,38-40,47-49H,1,4-9,20-22,25-26H2,2H3/t28-,33+,38-,39+,40+,42+/m0/s1. The van der Waals surface area contributed by atoms with Gasteiger partial charge in [0, 0.05) is 49.8 Å². The number of allylic oxidation sites excluding steroid dienone is 1. The highest BCUT2D eigenvalue weighted by atomic mass is 19.1. The molecule has 0 saturated heterocycles. The molecule has 1 saturated carbocycles. The summed E-state index contributed by atoms with van der Waals surface area (Å²) in [6.45, 7) is 3.96. The highest BCUT2D eigenvalue weighted by molar-refractivity contribution is 6.03. The Hall–Kier alpha value is -5.31. The molecule has 0 aromatic heterocycles. The van der Waals surface area contributed by atoms with Gasteiger partial charge < -0.3 is 34.4 Å². The Morgan fingerprint density at radius 3 is 2.45 bits per heavy atom. The Morgan fingerprint density at radius 1 is 1.07 bits per heavy atom. The molecule has 3 N–H and O–H groups in total. The van der Waals surface area contributed by atoms with E-state index in [0.717, 1.165) is 30.4 Å². The van der Waals surface area contributed by atoms with Gasteiger partial charge in [0.2, 0.25) is 5.79 Å². The SMILES string of the molecule is C=CCO[C@@]12Oc3ccc(O)cc3[C@H]3[C@H](CCCCO)[C@@H](CCCCO)C=C(C(=NOC)C[C@@H]1N(Cc1ccc(F)cc1)C(=O)Oc1ccc([N+](=O)[O-])cc1)[C@H]32. The summed E-state index contributed by atoms with van der Waals surface area (Å²) in [6, 6.07) is 14.8. The van der Waals surface area contributed by atoms with Crippen LogP contribution >= 0.6 is 0 Å². The Bertz CT molecular complexity index is 1920. The number of benzene rings is 3. The minimum Gasteiger partial charge on any atom is -0.508 e. The normalized spacial score (nSPS) is 24.2. The van der Waals surface area contributed by atoms with E-state index in [9.17, 15) is 34.6 Å². The lowest BCUT2D eigenvalue weighted by Gasteiger charge is -2.59. The minimum absolute atomic E-state index is 0.00271. The maximum absolute atomic E-state index is 14.6. The third-order valence-electron chi connectivity index (χ3n) is 11.0. The van der Waals surface area contributed by atoms with Crippen LogP contribution in [0, 0.1) is 33.7 Å². The molecule has 1 aliphatic heterocycles. The number of aliphatic hydroxyl groups excluding tert-OH is 2. The van der Waals surface area contributed by atoms with Crippen molar-refractivity contribution in [1.82, 2.24) is 4.90 Å². The molecule has 0 bridgehead atoms. The van der Waals surface area contributed by atoms with Gasteiger partial charge in [-0.25, -0.2) is 9.18 Å². The number of unbranched alkanes of at least 4 members (excludes halogenated alkanes) is 2. The second kappa shape index (κ2) is 18.1. The molecule has 14 heteroatoms. The number of aromatic hydroxyl groups is 1. The molecule has 6 atom stereocenters. The van der Waals surface area contributed by atoms with E-state index in [1.807, 2.05) is 0 Å². The Kier molecular flexibility index (Phi) is 13.0. The molecule has 3 aromatic carbocycles. The molecule has 0 spiro atoms. The summed E-state index contributed by atoms with van der Waals surface area (Å²) >= 11 is 0. The van der Waals surface area contributed by atoms with Crippen LogP contribution in [0.25, 0.3) is 0 Å².